The van der Waals surface area contributed by atoms with E-state index in [-0.39, 0.29) is 0 Å². The molecule has 54 heavy (non-hydrogen) atoms. The van der Waals surface area contributed by atoms with Crippen LogP contribution in [-0.2, 0) is 0 Å². The Bertz CT molecular complexity index is 3430. The Kier molecular flexibility index (Phi) is 6.09. The first-order chi connectivity index (χ1) is 26.8. The molecule has 0 radical (unpaired) electrons. The Balaban J connectivity index is 0.995. The molecule has 0 unspecified atom stereocenters. The quantitative estimate of drug-likeness (QED) is 0.173. The third-order valence-electron chi connectivity index (χ3n) is 11.5. The van der Waals surface area contributed by atoms with Crippen LogP contribution in [0.15, 0.2) is 191 Å². The van der Waals surface area contributed by atoms with Crippen LogP contribution in [0.25, 0.3) is 120 Å². The molecule has 0 amide bonds. The lowest BCUT2D eigenvalue weighted by Crippen LogP contribution is -1.91. The van der Waals surface area contributed by atoms with Crippen LogP contribution in [0.2, 0.25) is 0 Å². The van der Waals surface area contributed by atoms with Gasteiger partial charge >= 0.3 is 0 Å². The van der Waals surface area contributed by atoms with Gasteiger partial charge in [0, 0.05) is 26.9 Å². The molecule has 0 N–H and O–H groups in total. The molecule has 12 aromatic rings. The van der Waals surface area contributed by atoms with Gasteiger partial charge in [-0.3, -0.25) is 0 Å². The zero-order valence-electron chi connectivity index (χ0n) is 29.1. The highest BCUT2D eigenvalue weighted by molar-refractivity contribution is 6.24. The van der Waals surface area contributed by atoms with Gasteiger partial charge in [0.2, 0.25) is 0 Å². The van der Waals surface area contributed by atoms with Gasteiger partial charge in [-0.15, -0.1) is 0 Å². The van der Waals surface area contributed by atoms with E-state index in [1.165, 1.54) is 60.0 Å². The van der Waals surface area contributed by atoms with Gasteiger partial charge in [-0.1, -0.05) is 152 Å². The van der Waals surface area contributed by atoms with Gasteiger partial charge in [-0.25, -0.2) is 0 Å². The summed E-state index contributed by atoms with van der Waals surface area (Å²) in [6, 6.07) is 65.7. The predicted molar refractivity (Wildman–Crippen MR) is 227 cm³/mol. The molecule has 0 spiro atoms. The van der Waals surface area contributed by atoms with E-state index in [0.29, 0.717) is 0 Å². The van der Waals surface area contributed by atoms with E-state index >= 15 is 0 Å². The summed E-state index contributed by atoms with van der Waals surface area (Å²) in [5, 5.41) is 14.2. The fourth-order valence-electron chi connectivity index (χ4n) is 8.95. The highest BCUT2D eigenvalue weighted by Gasteiger charge is 2.19. The van der Waals surface area contributed by atoms with Crippen molar-refractivity contribution >= 4 is 87.0 Å². The van der Waals surface area contributed by atoms with Gasteiger partial charge in [0.15, 0.2) is 0 Å². The van der Waals surface area contributed by atoms with Crippen molar-refractivity contribution in [2.45, 2.75) is 0 Å². The first-order valence-electron chi connectivity index (χ1n) is 18.5. The molecule has 10 aromatic carbocycles. The minimum Gasteiger partial charge on any atom is -0.456 e. The molecule has 2 heterocycles. The zero-order chi connectivity index (χ0) is 35.3. The Morgan fingerprint density at radius 2 is 0.778 bits per heavy atom. The molecular formula is C52H30O2. The first-order valence-corrected chi connectivity index (χ1v) is 18.5. The number of furan rings is 2. The summed E-state index contributed by atoms with van der Waals surface area (Å²) in [5.74, 6) is 0. The van der Waals surface area contributed by atoms with Gasteiger partial charge in [-0.2, -0.15) is 0 Å². The maximum Gasteiger partial charge on any atom is 0.143 e. The molecule has 2 nitrogen and oxygen atoms in total. The van der Waals surface area contributed by atoms with Crippen LogP contribution in [0.1, 0.15) is 0 Å². The number of rotatable bonds is 3. The molecule has 0 aliphatic heterocycles. The maximum absolute atomic E-state index is 6.53. The predicted octanol–water partition coefficient (Wildman–Crippen LogP) is 15.1. The molecule has 12 rings (SSSR count). The van der Waals surface area contributed by atoms with Crippen LogP contribution in [-0.4, -0.2) is 0 Å². The van der Waals surface area contributed by atoms with E-state index < -0.39 is 0 Å². The SMILES string of the molecule is c1ccc2c(-c3c4ccccc4c(-c4ccc(-c5ccc6oc7cc8c(cc7c6c5)oc5c6ccccc6ccc85)cc4)c4ccccc34)cccc2c1. The van der Waals surface area contributed by atoms with Gasteiger partial charge in [0.05, 0.1) is 0 Å². The molecule has 2 aromatic heterocycles. The van der Waals surface area contributed by atoms with Crippen LogP contribution in [0, 0.1) is 0 Å². The average Bonchev–Trinajstić information content (AvgIpc) is 3.79. The number of hydrogen-bond acceptors (Lipinski definition) is 2. The number of benzene rings is 10. The van der Waals surface area contributed by atoms with Crippen molar-refractivity contribution in [3.8, 4) is 33.4 Å². The summed E-state index contributed by atoms with van der Waals surface area (Å²) < 4.78 is 13.0. The number of fused-ring (bicyclic) bond motifs is 11. The summed E-state index contributed by atoms with van der Waals surface area (Å²) in [6.45, 7) is 0. The fourth-order valence-corrected chi connectivity index (χ4v) is 8.95. The lowest BCUT2D eigenvalue weighted by molar-refractivity contribution is 0.665. The van der Waals surface area contributed by atoms with Crippen molar-refractivity contribution < 1.29 is 8.83 Å². The summed E-state index contributed by atoms with van der Waals surface area (Å²) in [4.78, 5) is 0. The molecule has 0 aliphatic carbocycles. The van der Waals surface area contributed by atoms with Gasteiger partial charge in [-0.05, 0) is 101 Å². The van der Waals surface area contributed by atoms with Crippen LogP contribution >= 0.6 is 0 Å². The van der Waals surface area contributed by atoms with Crippen LogP contribution < -0.4 is 0 Å². The van der Waals surface area contributed by atoms with Gasteiger partial charge in [0.25, 0.3) is 0 Å². The number of hydrogen-bond donors (Lipinski definition) is 0. The standard InChI is InChI=1S/C52H30O2/c1-3-13-36-32(10-1)12-9-19-38(36)51-41-17-7-5-15-39(41)50(40-16-6-8-18-42(40)51)34-22-20-31(21-23-34)35-25-27-47-44(28-35)46-30-49-45(29-48(46)53-47)43-26-24-33-11-2-4-14-37(33)52(43)54-49/h1-30H. The molecule has 250 valence electrons. The van der Waals surface area contributed by atoms with E-state index in [1.54, 1.807) is 0 Å². The summed E-state index contributed by atoms with van der Waals surface area (Å²) in [6.07, 6.45) is 0. The average molecular weight is 687 g/mol. The summed E-state index contributed by atoms with van der Waals surface area (Å²) in [5.41, 5.74) is 10.8. The summed E-state index contributed by atoms with van der Waals surface area (Å²) in [7, 11) is 0. The lowest BCUT2D eigenvalue weighted by Gasteiger charge is -2.19. The lowest BCUT2D eigenvalue weighted by atomic mass is 9.84. The molecule has 0 saturated carbocycles. The van der Waals surface area contributed by atoms with E-state index in [2.05, 4.69) is 182 Å². The Morgan fingerprint density at radius 1 is 0.259 bits per heavy atom. The fraction of sp³-hybridized carbons (Fsp3) is 0. The monoisotopic (exact) mass is 686 g/mol. The molecule has 0 aliphatic rings. The molecule has 0 atom stereocenters. The normalized spacial score (nSPS) is 12.1. The van der Waals surface area contributed by atoms with Crippen molar-refractivity contribution in [1.82, 2.24) is 0 Å². The van der Waals surface area contributed by atoms with Crippen molar-refractivity contribution in [3.05, 3.63) is 182 Å². The second-order valence-electron chi connectivity index (χ2n) is 14.4. The highest BCUT2D eigenvalue weighted by Crippen LogP contribution is 2.46. The van der Waals surface area contributed by atoms with Crippen LogP contribution in [0.4, 0.5) is 0 Å². The minimum absolute atomic E-state index is 0.867. The largest absolute Gasteiger partial charge is 0.456 e. The van der Waals surface area contributed by atoms with Crippen LogP contribution in [0.3, 0.4) is 0 Å². The second-order valence-corrected chi connectivity index (χ2v) is 14.4. The second kappa shape index (κ2) is 11.2. The molecule has 0 bridgehead atoms. The topological polar surface area (TPSA) is 26.3 Å². The Labute approximate surface area is 310 Å². The minimum atomic E-state index is 0.867. The van der Waals surface area contributed by atoms with Crippen LogP contribution in [0.5, 0.6) is 0 Å². The Morgan fingerprint density at radius 3 is 1.50 bits per heavy atom. The third-order valence-corrected chi connectivity index (χ3v) is 11.5. The van der Waals surface area contributed by atoms with Crippen molar-refractivity contribution in [1.29, 1.82) is 0 Å². The van der Waals surface area contributed by atoms with E-state index in [9.17, 15) is 0 Å². The third kappa shape index (κ3) is 4.22. The van der Waals surface area contributed by atoms with Crippen molar-refractivity contribution in [3.63, 3.8) is 0 Å². The van der Waals surface area contributed by atoms with Gasteiger partial charge < -0.3 is 8.83 Å². The molecule has 0 saturated heterocycles. The molecular weight excluding hydrogens is 657 g/mol. The smallest absolute Gasteiger partial charge is 0.143 e. The molecule has 0 fully saturated rings. The molecule has 2 heteroatoms. The zero-order valence-corrected chi connectivity index (χ0v) is 29.1. The van der Waals surface area contributed by atoms with Crippen molar-refractivity contribution in [2.75, 3.05) is 0 Å². The van der Waals surface area contributed by atoms with Gasteiger partial charge in [0.1, 0.15) is 22.3 Å². The van der Waals surface area contributed by atoms with E-state index in [4.69, 9.17) is 8.83 Å². The van der Waals surface area contributed by atoms with E-state index in [0.717, 1.165) is 60.4 Å². The summed E-state index contributed by atoms with van der Waals surface area (Å²) >= 11 is 0. The Hall–Kier alpha value is -7.16. The maximum atomic E-state index is 6.53. The highest BCUT2D eigenvalue weighted by atomic mass is 16.3. The van der Waals surface area contributed by atoms with Crippen molar-refractivity contribution in [2.24, 2.45) is 0 Å². The van der Waals surface area contributed by atoms with E-state index in [1.807, 2.05) is 0 Å². The first kappa shape index (κ1) is 29.4.